The molecule has 0 aromatic heterocycles. The molecule has 0 fully saturated rings. The fourth-order valence-electron chi connectivity index (χ4n) is 1.97. The van der Waals surface area contributed by atoms with E-state index in [0.717, 1.165) is 24.1 Å². The van der Waals surface area contributed by atoms with Crippen molar-refractivity contribution in [1.82, 2.24) is 4.90 Å². The van der Waals surface area contributed by atoms with Crippen LogP contribution in [0.25, 0.3) is 0 Å². The molecule has 0 spiro atoms. The standard InChI is InChI=1S/C12H17NO2.C2H6/c1-4-9-6-7-13(3)11(8-12(14)15)10(9)5-2;1-2/h4-5,11H,1-2,6-8H2,3H3,(H,14,15);1-2H3. The van der Waals surface area contributed by atoms with Crippen LogP contribution < -0.4 is 0 Å². The highest BCUT2D eigenvalue weighted by Gasteiger charge is 2.26. The van der Waals surface area contributed by atoms with E-state index in [4.69, 9.17) is 5.11 Å². The van der Waals surface area contributed by atoms with Crippen molar-refractivity contribution in [2.24, 2.45) is 0 Å². The van der Waals surface area contributed by atoms with Crippen LogP contribution in [0.4, 0.5) is 0 Å². The molecule has 3 nitrogen and oxygen atoms in total. The van der Waals surface area contributed by atoms with E-state index < -0.39 is 5.97 Å². The van der Waals surface area contributed by atoms with Crippen LogP contribution >= 0.6 is 0 Å². The lowest BCUT2D eigenvalue weighted by Crippen LogP contribution is -2.39. The van der Waals surface area contributed by atoms with Gasteiger partial charge >= 0.3 is 5.97 Å². The van der Waals surface area contributed by atoms with Gasteiger partial charge in [-0.25, -0.2) is 0 Å². The van der Waals surface area contributed by atoms with Gasteiger partial charge in [0.1, 0.15) is 0 Å². The second-order valence-corrected chi connectivity index (χ2v) is 3.73. The SMILES string of the molecule is C=CC1=C(C=C)C(CC(=O)O)N(C)CC1.CC. The van der Waals surface area contributed by atoms with Crippen LogP contribution in [-0.2, 0) is 4.79 Å². The zero-order valence-corrected chi connectivity index (χ0v) is 11.1. The van der Waals surface area contributed by atoms with E-state index in [9.17, 15) is 4.79 Å². The third-order valence-corrected chi connectivity index (χ3v) is 2.83. The van der Waals surface area contributed by atoms with Crippen molar-refractivity contribution in [3.05, 3.63) is 36.5 Å². The fourth-order valence-corrected chi connectivity index (χ4v) is 1.97. The van der Waals surface area contributed by atoms with Gasteiger partial charge in [-0.2, -0.15) is 0 Å². The maximum atomic E-state index is 10.8. The second-order valence-electron chi connectivity index (χ2n) is 3.73. The smallest absolute Gasteiger partial charge is 0.305 e. The van der Waals surface area contributed by atoms with Gasteiger partial charge in [-0.05, 0) is 24.6 Å². The average Bonchev–Trinajstić information content (AvgIpc) is 2.33. The molecule has 0 aliphatic carbocycles. The molecule has 0 saturated heterocycles. The van der Waals surface area contributed by atoms with Gasteiger partial charge in [-0.15, -0.1) is 0 Å². The zero-order chi connectivity index (χ0) is 13.4. The van der Waals surface area contributed by atoms with Crippen molar-refractivity contribution < 1.29 is 9.90 Å². The van der Waals surface area contributed by atoms with Gasteiger partial charge in [-0.3, -0.25) is 9.69 Å². The largest absolute Gasteiger partial charge is 0.481 e. The van der Waals surface area contributed by atoms with Crippen molar-refractivity contribution in [2.45, 2.75) is 32.7 Å². The van der Waals surface area contributed by atoms with Crippen LogP contribution in [0.3, 0.4) is 0 Å². The Hall–Kier alpha value is -1.35. The summed E-state index contributed by atoms with van der Waals surface area (Å²) < 4.78 is 0. The van der Waals surface area contributed by atoms with Gasteiger partial charge in [-0.1, -0.05) is 39.2 Å². The number of hydrogen-bond acceptors (Lipinski definition) is 2. The molecule has 1 N–H and O–H groups in total. The minimum Gasteiger partial charge on any atom is -0.481 e. The molecule has 0 aromatic rings. The molecule has 1 atom stereocenters. The van der Waals surface area contributed by atoms with Gasteiger partial charge in [0, 0.05) is 12.6 Å². The Morgan fingerprint density at radius 1 is 1.47 bits per heavy atom. The number of rotatable bonds is 4. The van der Waals surface area contributed by atoms with Crippen molar-refractivity contribution in [3.63, 3.8) is 0 Å². The number of nitrogens with zero attached hydrogens (tertiary/aromatic N) is 1. The molecule has 96 valence electrons. The molecule has 3 heteroatoms. The Morgan fingerprint density at radius 3 is 2.47 bits per heavy atom. The number of allylic oxidation sites excluding steroid dienone is 1. The third kappa shape index (κ3) is 4.19. The fraction of sp³-hybridized carbons (Fsp3) is 0.500. The number of carboxylic acid groups (broad SMARTS) is 1. The molecular formula is C14H23NO2. The molecule has 1 heterocycles. The van der Waals surface area contributed by atoms with E-state index >= 15 is 0 Å². The minimum absolute atomic E-state index is 0.0678. The van der Waals surface area contributed by atoms with E-state index in [1.54, 1.807) is 12.2 Å². The predicted molar refractivity (Wildman–Crippen MR) is 72.1 cm³/mol. The molecule has 0 bridgehead atoms. The molecule has 0 radical (unpaired) electrons. The van der Waals surface area contributed by atoms with Crippen LogP contribution in [0.15, 0.2) is 36.5 Å². The van der Waals surface area contributed by atoms with Crippen LogP contribution in [0, 0.1) is 0 Å². The summed E-state index contributed by atoms with van der Waals surface area (Å²) in [6.07, 6.45) is 4.59. The summed E-state index contributed by atoms with van der Waals surface area (Å²) in [6.45, 7) is 12.4. The number of likely N-dealkylation sites (N-methyl/N-ethyl adjacent to an activating group) is 1. The highest BCUT2D eigenvalue weighted by Crippen LogP contribution is 2.26. The molecular weight excluding hydrogens is 214 g/mol. The zero-order valence-electron chi connectivity index (χ0n) is 11.1. The number of carbonyl (C=O) groups is 1. The predicted octanol–water partition coefficient (Wildman–Crippen LogP) is 2.86. The first kappa shape index (κ1) is 15.7. The molecule has 1 rings (SSSR count). The maximum absolute atomic E-state index is 10.8. The van der Waals surface area contributed by atoms with E-state index in [1.807, 2.05) is 20.9 Å². The molecule has 1 aliphatic heterocycles. The van der Waals surface area contributed by atoms with Crippen molar-refractivity contribution >= 4 is 5.97 Å². The van der Waals surface area contributed by atoms with Gasteiger partial charge in [0.15, 0.2) is 0 Å². The molecule has 1 unspecified atom stereocenters. The van der Waals surface area contributed by atoms with E-state index in [-0.39, 0.29) is 12.5 Å². The van der Waals surface area contributed by atoms with Crippen molar-refractivity contribution in [3.8, 4) is 0 Å². The highest BCUT2D eigenvalue weighted by molar-refractivity contribution is 5.68. The average molecular weight is 237 g/mol. The third-order valence-electron chi connectivity index (χ3n) is 2.83. The monoisotopic (exact) mass is 237 g/mol. The van der Waals surface area contributed by atoms with E-state index in [0.29, 0.717) is 0 Å². The first-order valence-corrected chi connectivity index (χ1v) is 6.00. The van der Waals surface area contributed by atoms with Crippen LogP contribution in [0.5, 0.6) is 0 Å². The lowest BCUT2D eigenvalue weighted by molar-refractivity contribution is -0.138. The Balaban J connectivity index is 0.00000121. The van der Waals surface area contributed by atoms with Crippen LogP contribution in [0.1, 0.15) is 26.7 Å². The molecule has 1 aliphatic rings. The van der Waals surface area contributed by atoms with Gasteiger partial charge in [0.05, 0.1) is 6.42 Å². The summed E-state index contributed by atoms with van der Waals surface area (Å²) in [6, 6.07) is -0.0678. The van der Waals surface area contributed by atoms with Crippen LogP contribution in [-0.4, -0.2) is 35.6 Å². The van der Waals surface area contributed by atoms with E-state index in [1.165, 1.54) is 0 Å². The quantitative estimate of drug-likeness (QED) is 0.817. The summed E-state index contributed by atoms with van der Waals surface area (Å²) in [5.41, 5.74) is 2.12. The lowest BCUT2D eigenvalue weighted by Gasteiger charge is -2.33. The summed E-state index contributed by atoms with van der Waals surface area (Å²) in [4.78, 5) is 12.8. The molecule has 0 amide bonds. The topological polar surface area (TPSA) is 40.5 Å². The first-order valence-electron chi connectivity index (χ1n) is 6.00. The van der Waals surface area contributed by atoms with Crippen molar-refractivity contribution in [1.29, 1.82) is 0 Å². The molecule has 17 heavy (non-hydrogen) atoms. The highest BCUT2D eigenvalue weighted by atomic mass is 16.4. The first-order chi connectivity index (χ1) is 8.10. The Morgan fingerprint density at radius 2 is 2.06 bits per heavy atom. The Kier molecular flexibility index (Phi) is 7.22. The molecule has 0 saturated carbocycles. The van der Waals surface area contributed by atoms with Crippen molar-refractivity contribution in [2.75, 3.05) is 13.6 Å². The van der Waals surface area contributed by atoms with Crippen LogP contribution in [0.2, 0.25) is 0 Å². The Bertz CT molecular complexity index is 318. The molecule has 0 aromatic carbocycles. The van der Waals surface area contributed by atoms with Gasteiger partial charge in [0.25, 0.3) is 0 Å². The normalized spacial score (nSPS) is 20.3. The van der Waals surface area contributed by atoms with Gasteiger partial charge < -0.3 is 5.11 Å². The summed E-state index contributed by atoms with van der Waals surface area (Å²) in [5, 5.41) is 8.85. The Labute approximate surface area is 104 Å². The number of aliphatic carboxylic acids is 1. The van der Waals surface area contributed by atoms with E-state index in [2.05, 4.69) is 18.1 Å². The number of hydrogen-bond donors (Lipinski definition) is 1. The lowest BCUT2D eigenvalue weighted by atomic mass is 9.91. The summed E-state index contributed by atoms with van der Waals surface area (Å²) >= 11 is 0. The van der Waals surface area contributed by atoms with Gasteiger partial charge in [0.2, 0.25) is 0 Å². The summed E-state index contributed by atoms with van der Waals surface area (Å²) in [5.74, 6) is -0.781. The number of carboxylic acids is 1. The minimum atomic E-state index is -0.781. The maximum Gasteiger partial charge on any atom is 0.305 e. The second kappa shape index (κ2) is 7.85. The summed E-state index contributed by atoms with van der Waals surface area (Å²) in [7, 11) is 1.94.